The molecular formula is C32H40N4O8. The van der Waals surface area contributed by atoms with E-state index >= 15 is 0 Å². The summed E-state index contributed by atoms with van der Waals surface area (Å²) in [4.78, 5) is 77.6. The van der Waals surface area contributed by atoms with Crippen molar-refractivity contribution in [3.63, 3.8) is 0 Å². The number of methoxy groups -OCH3 is 2. The van der Waals surface area contributed by atoms with Gasteiger partial charge in [0.05, 0.1) is 49.8 Å². The van der Waals surface area contributed by atoms with Crippen LogP contribution in [0.25, 0.3) is 0 Å². The molecule has 0 spiro atoms. The van der Waals surface area contributed by atoms with Gasteiger partial charge in [0.1, 0.15) is 12.1 Å². The lowest BCUT2D eigenvalue weighted by molar-refractivity contribution is -0.144. The van der Waals surface area contributed by atoms with Gasteiger partial charge in [0.15, 0.2) is 11.6 Å². The highest BCUT2D eigenvalue weighted by Crippen LogP contribution is 2.36. The first-order valence-corrected chi connectivity index (χ1v) is 14.4. The van der Waals surface area contributed by atoms with Crippen molar-refractivity contribution in [3.8, 4) is 0 Å². The second-order valence-electron chi connectivity index (χ2n) is 11.4. The number of nitrogens with one attached hydrogen (secondary N) is 4. The number of esters is 2. The van der Waals surface area contributed by atoms with Gasteiger partial charge in [0.2, 0.25) is 11.8 Å². The number of rotatable bonds is 14. The van der Waals surface area contributed by atoms with Crippen LogP contribution in [0.1, 0.15) is 72.4 Å². The van der Waals surface area contributed by atoms with Crippen molar-refractivity contribution in [2.45, 2.75) is 52.6 Å². The van der Waals surface area contributed by atoms with E-state index in [4.69, 9.17) is 9.47 Å². The standard InChI is InChI=1S/C32H40N4O8/c1-17(2)13-23(31(41)43-5)33-15-25(37)35-21-11-12-22(36-26(38)16-34-24(14-18(3)4)32(42)44-6)28-27(21)29(39)19-9-7-8-10-20(19)30(28)40/h7-12,17-18,23-24,33-34H,13-16H2,1-6H3,(H,35,37)(H,36,38)/t23-,24-/m0/s1. The molecule has 2 aromatic carbocycles. The van der Waals surface area contributed by atoms with Gasteiger partial charge < -0.3 is 20.1 Å². The summed E-state index contributed by atoms with van der Waals surface area (Å²) < 4.78 is 9.66. The Morgan fingerprint density at radius 3 is 1.32 bits per heavy atom. The predicted octanol–water partition coefficient (Wildman–Crippen LogP) is 2.69. The minimum absolute atomic E-state index is 0.0632. The number of hydrogen-bond acceptors (Lipinski definition) is 10. The van der Waals surface area contributed by atoms with Gasteiger partial charge in [-0.25, -0.2) is 0 Å². The smallest absolute Gasteiger partial charge is 0.322 e. The van der Waals surface area contributed by atoms with Crippen molar-refractivity contribution in [3.05, 3.63) is 58.7 Å². The molecule has 0 saturated heterocycles. The first-order valence-electron chi connectivity index (χ1n) is 14.4. The molecule has 1 aliphatic carbocycles. The van der Waals surface area contributed by atoms with E-state index in [-0.39, 0.29) is 58.6 Å². The second kappa shape index (κ2) is 15.3. The third-order valence-electron chi connectivity index (χ3n) is 7.03. The van der Waals surface area contributed by atoms with E-state index in [2.05, 4.69) is 21.3 Å². The predicted molar refractivity (Wildman–Crippen MR) is 164 cm³/mol. The highest BCUT2D eigenvalue weighted by atomic mass is 16.5. The average Bonchev–Trinajstić information content (AvgIpc) is 2.99. The zero-order chi connectivity index (χ0) is 32.6. The minimum atomic E-state index is -0.708. The van der Waals surface area contributed by atoms with Crippen molar-refractivity contribution >= 4 is 46.7 Å². The Bertz CT molecular complexity index is 1330. The highest BCUT2D eigenvalue weighted by Gasteiger charge is 2.35. The summed E-state index contributed by atoms with van der Waals surface area (Å²) in [5, 5.41) is 11.1. The van der Waals surface area contributed by atoms with Gasteiger partial charge in [-0.1, -0.05) is 52.0 Å². The molecule has 2 atom stereocenters. The SMILES string of the molecule is COC(=O)[C@H](CC(C)C)NCC(=O)Nc1ccc(NC(=O)CN[C@@H](CC(C)C)C(=O)OC)c2c1C(=O)c1ccccc1C2=O. The van der Waals surface area contributed by atoms with Gasteiger partial charge in [0.25, 0.3) is 0 Å². The quantitative estimate of drug-likeness (QED) is 0.200. The van der Waals surface area contributed by atoms with Crippen molar-refractivity contribution in [2.24, 2.45) is 11.8 Å². The molecule has 3 rings (SSSR count). The molecule has 0 bridgehead atoms. The molecule has 12 nitrogen and oxygen atoms in total. The Kier molecular flexibility index (Phi) is 11.9. The fourth-order valence-electron chi connectivity index (χ4n) is 5.00. The molecule has 0 aliphatic heterocycles. The van der Waals surface area contributed by atoms with E-state index in [0.717, 1.165) is 0 Å². The van der Waals surface area contributed by atoms with Gasteiger partial charge in [-0.05, 0) is 36.8 Å². The zero-order valence-electron chi connectivity index (χ0n) is 25.9. The molecular weight excluding hydrogens is 568 g/mol. The van der Waals surface area contributed by atoms with Crippen molar-refractivity contribution in [2.75, 3.05) is 37.9 Å². The maximum Gasteiger partial charge on any atom is 0.322 e. The Morgan fingerprint density at radius 1 is 0.636 bits per heavy atom. The van der Waals surface area contributed by atoms with Crippen LogP contribution < -0.4 is 21.3 Å². The number of amides is 2. The molecule has 2 aromatic rings. The normalized spacial score (nSPS) is 13.5. The third kappa shape index (κ3) is 8.35. The van der Waals surface area contributed by atoms with Crippen LogP contribution in [0.3, 0.4) is 0 Å². The van der Waals surface area contributed by atoms with E-state index in [1.54, 1.807) is 12.1 Å². The molecule has 0 saturated carbocycles. The van der Waals surface area contributed by atoms with Crippen molar-refractivity contribution in [1.82, 2.24) is 10.6 Å². The third-order valence-corrected chi connectivity index (χ3v) is 7.03. The van der Waals surface area contributed by atoms with E-state index < -0.39 is 47.4 Å². The monoisotopic (exact) mass is 608 g/mol. The summed E-state index contributed by atoms with van der Waals surface area (Å²) in [6, 6.07) is 7.75. The number of ether oxygens (including phenoxy) is 2. The summed E-state index contributed by atoms with van der Waals surface area (Å²) in [5.74, 6) is -2.79. The number of carbonyl (C=O) groups is 6. The highest BCUT2D eigenvalue weighted by molar-refractivity contribution is 6.32. The summed E-state index contributed by atoms with van der Waals surface area (Å²) in [6.07, 6.45) is 0.889. The summed E-state index contributed by atoms with van der Waals surface area (Å²) >= 11 is 0. The topological polar surface area (TPSA) is 169 Å². The number of fused-ring (bicyclic) bond motifs is 2. The lowest BCUT2D eigenvalue weighted by atomic mass is 9.82. The largest absolute Gasteiger partial charge is 0.468 e. The van der Waals surface area contributed by atoms with E-state index in [1.807, 2.05) is 27.7 Å². The fourth-order valence-corrected chi connectivity index (χ4v) is 5.00. The zero-order valence-corrected chi connectivity index (χ0v) is 25.9. The number of hydrogen-bond donors (Lipinski definition) is 4. The lowest BCUT2D eigenvalue weighted by Gasteiger charge is -2.24. The second-order valence-corrected chi connectivity index (χ2v) is 11.4. The first kappa shape index (κ1) is 34.1. The molecule has 0 unspecified atom stereocenters. The number of carbonyl (C=O) groups excluding carboxylic acids is 6. The van der Waals surface area contributed by atoms with Gasteiger partial charge >= 0.3 is 11.9 Å². The maximum absolute atomic E-state index is 13.7. The van der Waals surface area contributed by atoms with Crippen LogP contribution in [0.4, 0.5) is 11.4 Å². The molecule has 0 fully saturated rings. The molecule has 44 heavy (non-hydrogen) atoms. The van der Waals surface area contributed by atoms with Gasteiger partial charge in [-0.2, -0.15) is 0 Å². The van der Waals surface area contributed by atoms with Crippen molar-refractivity contribution < 1.29 is 38.2 Å². The average molecular weight is 609 g/mol. The van der Waals surface area contributed by atoms with E-state index in [1.165, 1.54) is 38.5 Å². The van der Waals surface area contributed by atoms with Gasteiger partial charge in [-0.15, -0.1) is 0 Å². The van der Waals surface area contributed by atoms with Crippen LogP contribution in [0.5, 0.6) is 0 Å². The number of anilines is 2. The maximum atomic E-state index is 13.7. The molecule has 0 heterocycles. The van der Waals surface area contributed by atoms with Crippen LogP contribution in [0.15, 0.2) is 36.4 Å². The molecule has 0 radical (unpaired) electrons. The Labute approximate surface area is 256 Å². The molecule has 2 amide bonds. The van der Waals surface area contributed by atoms with Crippen LogP contribution in [-0.4, -0.2) is 74.7 Å². The molecule has 236 valence electrons. The lowest BCUT2D eigenvalue weighted by Crippen LogP contribution is -2.43. The number of ketones is 2. The fraction of sp³-hybridized carbons (Fsp3) is 0.438. The van der Waals surface area contributed by atoms with Crippen LogP contribution >= 0.6 is 0 Å². The van der Waals surface area contributed by atoms with Crippen LogP contribution in [0, 0.1) is 11.8 Å². The first-order chi connectivity index (χ1) is 20.9. The van der Waals surface area contributed by atoms with E-state index in [9.17, 15) is 28.8 Å². The van der Waals surface area contributed by atoms with Crippen molar-refractivity contribution in [1.29, 1.82) is 0 Å². The molecule has 0 aromatic heterocycles. The Hall–Kier alpha value is -4.42. The minimum Gasteiger partial charge on any atom is -0.468 e. The van der Waals surface area contributed by atoms with Crippen LogP contribution in [-0.2, 0) is 28.7 Å². The van der Waals surface area contributed by atoms with Crippen LogP contribution in [0.2, 0.25) is 0 Å². The molecule has 12 heteroatoms. The Morgan fingerprint density at radius 2 is 1.00 bits per heavy atom. The molecule has 1 aliphatic rings. The number of benzene rings is 2. The molecule has 4 N–H and O–H groups in total. The van der Waals surface area contributed by atoms with Gasteiger partial charge in [-0.3, -0.25) is 39.4 Å². The summed E-state index contributed by atoms with van der Waals surface area (Å²) in [7, 11) is 2.54. The summed E-state index contributed by atoms with van der Waals surface area (Å²) in [6.45, 7) is 7.21. The van der Waals surface area contributed by atoms with E-state index in [0.29, 0.717) is 12.8 Å². The van der Waals surface area contributed by atoms with Gasteiger partial charge in [0, 0.05) is 11.1 Å². The summed E-state index contributed by atoms with van der Waals surface area (Å²) in [5.41, 5.74) is 0.370. The Balaban J connectivity index is 1.88.